The Morgan fingerprint density at radius 1 is 1.21 bits per heavy atom. The third kappa shape index (κ3) is 5.32. The number of nitrogens with two attached hydrogens (primary N) is 1. The molecule has 28 heavy (non-hydrogen) atoms. The first kappa shape index (κ1) is 22.4. The van der Waals surface area contributed by atoms with Gasteiger partial charge in [-0.05, 0) is 43.1 Å². The Balaban J connectivity index is 2.14. The molecule has 1 aromatic rings. The molecule has 0 aromatic heterocycles. The van der Waals surface area contributed by atoms with Crippen LogP contribution in [0, 0.1) is 17.8 Å². The average Bonchev–Trinajstić information content (AvgIpc) is 2.64. The number of rotatable bonds is 7. The predicted octanol–water partition coefficient (Wildman–Crippen LogP) is 2.13. The molecule has 5 N–H and O–H groups in total. The first-order valence-corrected chi connectivity index (χ1v) is 10.3. The Kier molecular flexibility index (Phi) is 7.61. The highest BCUT2D eigenvalue weighted by Crippen LogP contribution is 2.41. The minimum atomic E-state index is -1.38. The third-order valence-corrected chi connectivity index (χ3v) is 5.84. The number of carbonyl (C=O) groups is 2. The first-order valence-electron chi connectivity index (χ1n) is 10.3. The zero-order chi connectivity index (χ0) is 20.9. The van der Waals surface area contributed by atoms with E-state index in [1.807, 2.05) is 30.3 Å². The monoisotopic (exact) mass is 389 g/mol. The summed E-state index contributed by atoms with van der Waals surface area (Å²) in [6, 6.07) is 8.40. The summed E-state index contributed by atoms with van der Waals surface area (Å²) >= 11 is 0. The van der Waals surface area contributed by atoms with Crippen molar-refractivity contribution in [2.75, 3.05) is 6.54 Å². The molecule has 0 spiro atoms. The number of hydrogen-bond acceptors (Lipinski definition) is 4. The molecular formula is C22H35N3O3. The highest BCUT2D eigenvalue weighted by molar-refractivity contribution is 5.86. The van der Waals surface area contributed by atoms with Crippen LogP contribution in [0.5, 0.6) is 0 Å². The minimum Gasteiger partial charge on any atom is -0.380 e. The molecular weight excluding hydrogens is 354 g/mol. The molecule has 2 rings (SSSR count). The summed E-state index contributed by atoms with van der Waals surface area (Å²) < 4.78 is 0. The van der Waals surface area contributed by atoms with Crippen LogP contribution in [-0.4, -0.2) is 35.1 Å². The van der Waals surface area contributed by atoms with Gasteiger partial charge in [0.15, 0.2) is 0 Å². The first-order chi connectivity index (χ1) is 13.1. The summed E-state index contributed by atoms with van der Waals surface area (Å²) in [5.74, 6) is -0.196. The molecule has 1 aliphatic carbocycles. The molecule has 1 aliphatic rings. The molecule has 6 heteroatoms. The molecule has 1 aromatic carbocycles. The lowest BCUT2D eigenvalue weighted by Gasteiger charge is -2.43. The van der Waals surface area contributed by atoms with Gasteiger partial charge in [0.25, 0.3) is 5.91 Å². The molecule has 4 unspecified atom stereocenters. The number of amides is 2. The van der Waals surface area contributed by atoms with Gasteiger partial charge in [-0.2, -0.15) is 0 Å². The summed E-state index contributed by atoms with van der Waals surface area (Å²) in [6.07, 6.45) is 2.33. The van der Waals surface area contributed by atoms with Gasteiger partial charge in [0.1, 0.15) is 5.60 Å². The van der Waals surface area contributed by atoms with Crippen LogP contribution in [0.4, 0.5) is 0 Å². The summed E-state index contributed by atoms with van der Waals surface area (Å²) in [5, 5.41) is 17.1. The molecule has 0 aliphatic heterocycles. The Hall–Kier alpha value is -1.92. The SMILES string of the molecule is CC1CCC(C(C)C)[C@@](O)(C(=O)NCC(NC(=O)C(C)N)c2ccccc2)C1. The Morgan fingerprint density at radius 2 is 1.86 bits per heavy atom. The fourth-order valence-corrected chi connectivity index (χ4v) is 4.22. The van der Waals surface area contributed by atoms with E-state index in [0.29, 0.717) is 12.3 Å². The number of aliphatic hydroxyl groups is 1. The summed E-state index contributed by atoms with van der Waals surface area (Å²) in [7, 11) is 0. The fourth-order valence-electron chi connectivity index (χ4n) is 4.22. The number of hydrogen-bond donors (Lipinski definition) is 4. The second-order valence-corrected chi connectivity index (χ2v) is 8.63. The Bertz CT molecular complexity index is 662. The van der Waals surface area contributed by atoms with Gasteiger partial charge < -0.3 is 21.5 Å². The molecule has 0 bridgehead atoms. The van der Waals surface area contributed by atoms with Crippen LogP contribution in [0.25, 0.3) is 0 Å². The number of benzene rings is 1. The lowest BCUT2D eigenvalue weighted by atomic mass is 9.66. The smallest absolute Gasteiger partial charge is 0.252 e. The van der Waals surface area contributed by atoms with E-state index in [9.17, 15) is 14.7 Å². The molecule has 0 heterocycles. The summed E-state index contributed by atoms with van der Waals surface area (Å²) in [5.41, 5.74) is 5.18. The molecule has 1 fully saturated rings. The van der Waals surface area contributed by atoms with Crippen molar-refractivity contribution in [1.82, 2.24) is 10.6 Å². The average molecular weight is 390 g/mol. The predicted molar refractivity (Wildman–Crippen MR) is 110 cm³/mol. The standard InChI is InChI=1S/C22H35N3O3/c1-14(2)18-11-10-15(3)12-22(18,28)21(27)24-13-19(25-20(26)16(4)23)17-8-6-5-7-9-17/h5-9,14-16,18-19,28H,10-13,23H2,1-4H3,(H,24,27)(H,25,26)/t15?,16?,18?,19?,22-/m1/s1. The van der Waals surface area contributed by atoms with Crippen LogP contribution in [0.2, 0.25) is 0 Å². The molecule has 0 saturated heterocycles. The third-order valence-electron chi connectivity index (χ3n) is 5.84. The van der Waals surface area contributed by atoms with Crippen LogP contribution in [0.3, 0.4) is 0 Å². The van der Waals surface area contributed by atoms with Crippen LogP contribution in [0.1, 0.15) is 58.6 Å². The van der Waals surface area contributed by atoms with E-state index < -0.39 is 17.7 Å². The van der Waals surface area contributed by atoms with E-state index in [-0.39, 0.29) is 30.2 Å². The number of nitrogens with one attached hydrogen (secondary N) is 2. The largest absolute Gasteiger partial charge is 0.380 e. The zero-order valence-corrected chi connectivity index (χ0v) is 17.4. The minimum absolute atomic E-state index is 0.0717. The second kappa shape index (κ2) is 9.52. The Morgan fingerprint density at radius 3 is 2.43 bits per heavy atom. The maximum atomic E-state index is 13.0. The van der Waals surface area contributed by atoms with Gasteiger partial charge in [-0.1, -0.05) is 57.5 Å². The number of carbonyl (C=O) groups excluding carboxylic acids is 2. The van der Waals surface area contributed by atoms with Crippen molar-refractivity contribution in [2.45, 2.75) is 64.6 Å². The normalized spacial score (nSPS) is 27.1. The molecule has 5 atom stereocenters. The maximum absolute atomic E-state index is 13.0. The van der Waals surface area contributed by atoms with Gasteiger partial charge in [0, 0.05) is 6.54 Å². The maximum Gasteiger partial charge on any atom is 0.252 e. The van der Waals surface area contributed by atoms with Crippen molar-refractivity contribution in [3.8, 4) is 0 Å². The van der Waals surface area contributed by atoms with E-state index in [2.05, 4.69) is 31.4 Å². The Labute approximate surface area is 168 Å². The van der Waals surface area contributed by atoms with Crippen LogP contribution in [-0.2, 0) is 9.59 Å². The molecule has 156 valence electrons. The molecule has 1 saturated carbocycles. The lowest BCUT2D eigenvalue weighted by molar-refractivity contribution is -0.156. The summed E-state index contributed by atoms with van der Waals surface area (Å²) in [4.78, 5) is 25.2. The second-order valence-electron chi connectivity index (χ2n) is 8.63. The van der Waals surface area contributed by atoms with E-state index in [0.717, 1.165) is 18.4 Å². The highest BCUT2D eigenvalue weighted by atomic mass is 16.3. The lowest BCUT2D eigenvalue weighted by Crippen LogP contribution is -2.57. The van der Waals surface area contributed by atoms with Crippen molar-refractivity contribution >= 4 is 11.8 Å². The van der Waals surface area contributed by atoms with Crippen LogP contribution < -0.4 is 16.4 Å². The quantitative estimate of drug-likeness (QED) is 0.573. The van der Waals surface area contributed by atoms with E-state index >= 15 is 0 Å². The van der Waals surface area contributed by atoms with E-state index in [1.54, 1.807) is 6.92 Å². The topological polar surface area (TPSA) is 104 Å². The van der Waals surface area contributed by atoms with E-state index in [4.69, 9.17) is 5.73 Å². The van der Waals surface area contributed by atoms with E-state index in [1.165, 1.54) is 0 Å². The molecule has 6 nitrogen and oxygen atoms in total. The van der Waals surface area contributed by atoms with Crippen molar-refractivity contribution in [1.29, 1.82) is 0 Å². The van der Waals surface area contributed by atoms with Crippen LogP contribution in [0.15, 0.2) is 30.3 Å². The van der Waals surface area contributed by atoms with Gasteiger partial charge in [-0.25, -0.2) is 0 Å². The van der Waals surface area contributed by atoms with Crippen LogP contribution >= 0.6 is 0 Å². The molecule has 0 radical (unpaired) electrons. The van der Waals surface area contributed by atoms with Gasteiger partial charge in [-0.3, -0.25) is 9.59 Å². The van der Waals surface area contributed by atoms with Gasteiger partial charge in [-0.15, -0.1) is 0 Å². The van der Waals surface area contributed by atoms with Crippen molar-refractivity contribution < 1.29 is 14.7 Å². The zero-order valence-electron chi connectivity index (χ0n) is 17.4. The van der Waals surface area contributed by atoms with Crippen molar-refractivity contribution in [3.05, 3.63) is 35.9 Å². The van der Waals surface area contributed by atoms with Gasteiger partial charge in [0.2, 0.25) is 5.91 Å². The van der Waals surface area contributed by atoms with Crippen molar-refractivity contribution in [2.24, 2.45) is 23.5 Å². The summed E-state index contributed by atoms with van der Waals surface area (Å²) in [6.45, 7) is 7.99. The van der Waals surface area contributed by atoms with Gasteiger partial charge >= 0.3 is 0 Å². The highest BCUT2D eigenvalue weighted by Gasteiger charge is 2.48. The fraction of sp³-hybridized carbons (Fsp3) is 0.636. The van der Waals surface area contributed by atoms with Crippen molar-refractivity contribution in [3.63, 3.8) is 0 Å². The van der Waals surface area contributed by atoms with Gasteiger partial charge in [0.05, 0.1) is 12.1 Å². The molecule has 2 amide bonds.